The smallest absolute Gasteiger partial charge is 0.186 e. The predicted octanol–water partition coefficient (Wildman–Crippen LogP) is 0.734. The summed E-state index contributed by atoms with van der Waals surface area (Å²) in [4.78, 5) is 0.354. The molecule has 0 heterocycles. The molecule has 0 aliphatic carbocycles. The van der Waals surface area contributed by atoms with Crippen molar-refractivity contribution in [2.45, 2.75) is 11.5 Å². The number of benzene rings is 1. The molecular weight excluding hydrogens is 192 g/mol. The van der Waals surface area contributed by atoms with Crippen LogP contribution in [0.3, 0.4) is 0 Å². The Kier molecular flexibility index (Phi) is 4.04. The van der Waals surface area contributed by atoms with Crippen LogP contribution in [-0.2, 0) is 22.4 Å². The minimum absolute atomic E-state index is 0.300. The van der Waals surface area contributed by atoms with Crippen molar-refractivity contribution in [2.24, 2.45) is 0 Å². The van der Waals surface area contributed by atoms with Gasteiger partial charge >= 0.3 is 0 Å². The van der Waals surface area contributed by atoms with Gasteiger partial charge in [0.05, 0.1) is 11.5 Å². The van der Waals surface area contributed by atoms with Crippen molar-refractivity contribution in [2.75, 3.05) is 6.79 Å². The van der Waals surface area contributed by atoms with E-state index in [2.05, 4.69) is 0 Å². The third kappa shape index (κ3) is 3.23. The summed E-state index contributed by atoms with van der Waals surface area (Å²) in [5, 5.41) is 8.36. The van der Waals surface area contributed by atoms with Crippen LogP contribution in [0.15, 0.2) is 29.2 Å². The maximum absolute atomic E-state index is 10.6. The first-order chi connectivity index (χ1) is 6.24. The molecule has 0 fully saturated rings. The quantitative estimate of drug-likeness (QED) is 0.558. The summed E-state index contributed by atoms with van der Waals surface area (Å²) >= 11 is -1.93. The third-order valence-electron chi connectivity index (χ3n) is 1.49. The van der Waals surface area contributed by atoms with E-state index in [4.69, 9.17) is 14.4 Å². The standard InChI is InChI=1S/C8H10O4S/c9-6-12-5-7-1-3-8(4-2-7)13(10)11/h1-4,9H,5-6H2,(H,10,11). The summed E-state index contributed by atoms with van der Waals surface area (Å²) in [6.45, 7) is -0.0253. The average molecular weight is 202 g/mol. The van der Waals surface area contributed by atoms with Crippen LogP contribution in [0.5, 0.6) is 0 Å². The van der Waals surface area contributed by atoms with Crippen LogP contribution >= 0.6 is 0 Å². The Bertz CT molecular complexity index is 283. The van der Waals surface area contributed by atoms with Gasteiger partial charge in [-0.3, -0.25) is 0 Å². The molecule has 1 aromatic rings. The van der Waals surface area contributed by atoms with Crippen LogP contribution in [0.1, 0.15) is 5.56 Å². The predicted molar refractivity (Wildman–Crippen MR) is 47.4 cm³/mol. The van der Waals surface area contributed by atoms with E-state index in [-0.39, 0.29) is 6.79 Å². The van der Waals surface area contributed by atoms with Crippen LogP contribution in [0.25, 0.3) is 0 Å². The summed E-state index contributed by atoms with van der Waals surface area (Å²) < 4.78 is 24.0. The Morgan fingerprint density at radius 1 is 1.31 bits per heavy atom. The van der Waals surface area contributed by atoms with Crippen LogP contribution < -0.4 is 0 Å². The first kappa shape index (κ1) is 10.3. The lowest BCUT2D eigenvalue weighted by Crippen LogP contribution is -1.94. The van der Waals surface area contributed by atoms with Crippen molar-refractivity contribution < 1.29 is 18.6 Å². The lowest BCUT2D eigenvalue weighted by atomic mass is 10.2. The first-order valence-electron chi connectivity index (χ1n) is 3.62. The molecule has 1 aromatic carbocycles. The Morgan fingerprint density at radius 2 is 1.92 bits per heavy atom. The number of ether oxygens (including phenoxy) is 1. The first-order valence-corrected chi connectivity index (χ1v) is 4.73. The molecule has 1 atom stereocenters. The van der Waals surface area contributed by atoms with Gasteiger partial charge in [0.1, 0.15) is 6.79 Å². The van der Waals surface area contributed by atoms with E-state index in [1.54, 1.807) is 24.3 Å². The molecule has 0 aromatic heterocycles. The molecule has 0 saturated carbocycles. The highest BCUT2D eigenvalue weighted by Crippen LogP contribution is 2.07. The number of hydrogen-bond donors (Lipinski definition) is 2. The molecule has 1 rings (SSSR count). The van der Waals surface area contributed by atoms with Gasteiger partial charge in [-0.1, -0.05) is 12.1 Å². The maximum atomic E-state index is 10.6. The normalized spacial score (nSPS) is 12.8. The molecule has 13 heavy (non-hydrogen) atoms. The molecule has 0 aliphatic heterocycles. The highest BCUT2D eigenvalue weighted by atomic mass is 32.2. The monoisotopic (exact) mass is 202 g/mol. The van der Waals surface area contributed by atoms with Crippen molar-refractivity contribution in [3.05, 3.63) is 29.8 Å². The van der Waals surface area contributed by atoms with Gasteiger partial charge in [0.15, 0.2) is 11.1 Å². The van der Waals surface area contributed by atoms with E-state index >= 15 is 0 Å². The molecule has 0 spiro atoms. The zero-order chi connectivity index (χ0) is 9.68. The fourth-order valence-corrected chi connectivity index (χ4v) is 1.23. The van der Waals surface area contributed by atoms with E-state index in [1.807, 2.05) is 0 Å². The summed E-state index contributed by atoms with van der Waals surface area (Å²) in [5.41, 5.74) is 0.850. The van der Waals surface area contributed by atoms with Crippen LogP contribution in [-0.4, -0.2) is 20.7 Å². The molecule has 5 heteroatoms. The molecule has 2 N–H and O–H groups in total. The molecule has 72 valence electrons. The highest BCUT2D eigenvalue weighted by Gasteiger charge is 1.98. The Morgan fingerprint density at radius 3 is 2.38 bits per heavy atom. The van der Waals surface area contributed by atoms with Crippen molar-refractivity contribution in [3.63, 3.8) is 0 Å². The molecule has 0 amide bonds. The van der Waals surface area contributed by atoms with E-state index in [1.165, 1.54) is 0 Å². The second-order valence-electron chi connectivity index (χ2n) is 2.37. The van der Waals surface area contributed by atoms with E-state index < -0.39 is 11.1 Å². The molecule has 0 bridgehead atoms. The lowest BCUT2D eigenvalue weighted by Gasteiger charge is -2.01. The van der Waals surface area contributed by atoms with Crippen molar-refractivity contribution in [1.82, 2.24) is 0 Å². The minimum Gasteiger partial charge on any atom is -0.371 e. The number of rotatable bonds is 4. The van der Waals surface area contributed by atoms with Gasteiger partial charge in [-0.15, -0.1) is 0 Å². The second kappa shape index (κ2) is 5.08. The van der Waals surface area contributed by atoms with Crippen molar-refractivity contribution >= 4 is 11.1 Å². The number of aliphatic hydroxyl groups excluding tert-OH is 1. The van der Waals surface area contributed by atoms with Gasteiger partial charge in [0.25, 0.3) is 0 Å². The van der Waals surface area contributed by atoms with Crippen molar-refractivity contribution in [3.8, 4) is 0 Å². The summed E-state index contributed by atoms with van der Waals surface area (Å²) in [6, 6.07) is 6.45. The number of aliphatic hydroxyl groups is 1. The molecule has 4 nitrogen and oxygen atoms in total. The summed E-state index contributed by atoms with van der Waals surface area (Å²) in [7, 11) is 0. The van der Waals surface area contributed by atoms with Crippen LogP contribution in [0, 0.1) is 0 Å². The molecule has 0 saturated heterocycles. The van der Waals surface area contributed by atoms with Crippen molar-refractivity contribution in [1.29, 1.82) is 0 Å². The van der Waals surface area contributed by atoms with Gasteiger partial charge in [-0.25, -0.2) is 4.21 Å². The fraction of sp³-hybridized carbons (Fsp3) is 0.250. The number of hydrogen-bond acceptors (Lipinski definition) is 3. The molecule has 0 aliphatic rings. The Labute approximate surface area is 78.4 Å². The van der Waals surface area contributed by atoms with Crippen LogP contribution in [0.4, 0.5) is 0 Å². The highest BCUT2D eigenvalue weighted by molar-refractivity contribution is 7.79. The van der Waals surface area contributed by atoms with E-state index in [0.717, 1.165) is 5.56 Å². The van der Waals surface area contributed by atoms with E-state index in [9.17, 15) is 4.21 Å². The Hall–Kier alpha value is -0.750. The Balaban J connectivity index is 2.64. The zero-order valence-electron chi connectivity index (χ0n) is 6.84. The van der Waals surface area contributed by atoms with Gasteiger partial charge in [0, 0.05) is 0 Å². The topological polar surface area (TPSA) is 66.8 Å². The van der Waals surface area contributed by atoms with Gasteiger partial charge in [-0.2, -0.15) is 0 Å². The summed E-state index contributed by atoms with van der Waals surface area (Å²) in [5.74, 6) is 0. The maximum Gasteiger partial charge on any atom is 0.186 e. The zero-order valence-corrected chi connectivity index (χ0v) is 7.66. The van der Waals surface area contributed by atoms with Gasteiger partial charge in [-0.05, 0) is 17.7 Å². The largest absolute Gasteiger partial charge is 0.371 e. The minimum atomic E-state index is -1.93. The molecule has 1 unspecified atom stereocenters. The van der Waals surface area contributed by atoms with E-state index in [0.29, 0.717) is 11.5 Å². The molecular formula is C8H10O4S. The third-order valence-corrected chi connectivity index (χ3v) is 2.16. The fourth-order valence-electron chi connectivity index (χ4n) is 0.866. The molecule has 0 radical (unpaired) electrons. The van der Waals surface area contributed by atoms with Gasteiger partial charge < -0.3 is 14.4 Å². The lowest BCUT2D eigenvalue weighted by molar-refractivity contribution is -0.0112. The summed E-state index contributed by atoms with van der Waals surface area (Å²) in [6.07, 6.45) is 0. The van der Waals surface area contributed by atoms with Gasteiger partial charge in [0.2, 0.25) is 0 Å². The SMILES string of the molecule is O=S(O)c1ccc(COCO)cc1. The second-order valence-corrected chi connectivity index (χ2v) is 3.34. The van der Waals surface area contributed by atoms with Crippen LogP contribution in [0.2, 0.25) is 0 Å². The average Bonchev–Trinajstić information content (AvgIpc) is 2.15.